The van der Waals surface area contributed by atoms with Gasteiger partial charge in [0.2, 0.25) is 21.8 Å². The molecule has 0 fully saturated rings. The topological polar surface area (TPSA) is 86.8 Å². The standard InChI is InChI=1S/C26H29Cl2N3O4S/c1-4-23(26(33)29-5-2)30(16-18-13-14-21(27)22(28)15-18)25(32)17-31(36(3,34)35)24-12-8-10-19-9-6-7-11-20(19)24/h6-15,23H,4-5,16-17H2,1-3H3,(H,29,33)/t23-/m0/s1. The number of sulfonamides is 1. The summed E-state index contributed by atoms with van der Waals surface area (Å²) in [4.78, 5) is 28.0. The zero-order chi connectivity index (χ0) is 26.5. The van der Waals surface area contributed by atoms with E-state index in [1.54, 1.807) is 44.2 Å². The number of amides is 2. The molecule has 0 bridgehead atoms. The second-order valence-corrected chi connectivity index (χ2v) is 11.1. The van der Waals surface area contributed by atoms with E-state index in [9.17, 15) is 18.0 Å². The van der Waals surface area contributed by atoms with E-state index in [0.717, 1.165) is 15.9 Å². The number of nitrogens with zero attached hydrogens (tertiary/aromatic N) is 2. The molecule has 1 N–H and O–H groups in total. The summed E-state index contributed by atoms with van der Waals surface area (Å²) in [5.74, 6) is -0.831. The van der Waals surface area contributed by atoms with Crippen LogP contribution < -0.4 is 9.62 Å². The molecule has 0 saturated heterocycles. The van der Waals surface area contributed by atoms with Gasteiger partial charge in [-0.05, 0) is 42.5 Å². The Bertz CT molecular complexity index is 1360. The average molecular weight is 551 g/mol. The summed E-state index contributed by atoms with van der Waals surface area (Å²) in [6.45, 7) is 3.58. The molecule has 0 heterocycles. The van der Waals surface area contributed by atoms with Crippen molar-refractivity contribution in [1.29, 1.82) is 0 Å². The molecule has 1 atom stereocenters. The van der Waals surface area contributed by atoms with Crippen LogP contribution in [-0.2, 0) is 26.2 Å². The Balaban J connectivity index is 2.04. The fraction of sp³-hybridized carbons (Fsp3) is 0.308. The van der Waals surface area contributed by atoms with Crippen molar-refractivity contribution < 1.29 is 18.0 Å². The smallest absolute Gasteiger partial charge is 0.244 e. The van der Waals surface area contributed by atoms with Crippen LogP contribution in [0.1, 0.15) is 25.8 Å². The molecule has 0 unspecified atom stereocenters. The molecule has 3 aromatic rings. The monoisotopic (exact) mass is 549 g/mol. The number of hydrogen-bond acceptors (Lipinski definition) is 4. The lowest BCUT2D eigenvalue weighted by Gasteiger charge is -2.33. The highest BCUT2D eigenvalue weighted by Crippen LogP contribution is 2.29. The minimum atomic E-state index is -3.84. The van der Waals surface area contributed by atoms with Crippen molar-refractivity contribution in [2.75, 3.05) is 23.7 Å². The normalized spacial score (nSPS) is 12.2. The Morgan fingerprint density at radius 3 is 2.31 bits per heavy atom. The van der Waals surface area contributed by atoms with Gasteiger partial charge in [0, 0.05) is 18.5 Å². The molecule has 192 valence electrons. The molecule has 36 heavy (non-hydrogen) atoms. The highest BCUT2D eigenvalue weighted by atomic mass is 35.5. The van der Waals surface area contributed by atoms with E-state index >= 15 is 0 Å². The summed E-state index contributed by atoms with van der Waals surface area (Å²) in [7, 11) is -3.84. The van der Waals surface area contributed by atoms with Crippen molar-refractivity contribution in [3.05, 3.63) is 76.3 Å². The average Bonchev–Trinajstić information content (AvgIpc) is 2.83. The van der Waals surface area contributed by atoms with Gasteiger partial charge in [-0.15, -0.1) is 0 Å². The maximum Gasteiger partial charge on any atom is 0.244 e. The minimum absolute atomic E-state index is 0.0541. The number of benzene rings is 3. The van der Waals surface area contributed by atoms with Crippen LogP contribution in [0.2, 0.25) is 10.0 Å². The van der Waals surface area contributed by atoms with E-state index in [-0.39, 0.29) is 12.5 Å². The SMILES string of the molecule is CCNC(=O)[C@H](CC)N(Cc1ccc(Cl)c(Cl)c1)C(=O)CN(c1cccc2ccccc12)S(C)(=O)=O. The minimum Gasteiger partial charge on any atom is -0.355 e. The fourth-order valence-corrected chi connectivity index (χ4v) is 5.25. The largest absolute Gasteiger partial charge is 0.355 e. The van der Waals surface area contributed by atoms with Crippen LogP contribution in [0.5, 0.6) is 0 Å². The number of carbonyl (C=O) groups excluding carboxylic acids is 2. The summed E-state index contributed by atoms with van der Waals surface area (Å²) in [5.41, 5.74) is 1.06. The molecule has 0 aromatic heterocycles. The second kappa shape index (κ2) is 12.0. The molecule has 0 saturated carbocycles. The van der Waals surface area contributed by atoms with Gasteiger partial charge in [0.1, 0.15) is 12.6 Å². The molecular weight excluding hydrogens is 521 g/mol. The predicted molar refractivity (Wildman–Crippen MR) is 146 cm³/mol. The zero-order valence-electron chi connectivity index (χ0n) is 20.4. The summed E-state index contributed by atoms with van der Waals surface area (Å²) in [5, 5.41) is 5.00. The molecule has 0 aliphatic rings. The van der Waals surface area contributed by atoms with Gasteiger partial charge in [0.25, 0.3) is 0 Å². The van der Waals surface area contributed by atoms with E-state index in [4.69, 9.17) is 23.2 Å². The Morgan fingerprint density at radius 1 is 0.972 bits per heavy atom. The van der Waals surface area contributed by atoms with E-state index in [1.165, 1.54) is 4.90 Å². The third-order valence-electron chi connectivity index (χ3n) is 5.79. The van der Waals surface area contributed by atoms with Crippen LogP contribution in [0.25, 0.3) is 10.8 Å². The Hall–Kier alpha value is -2.81. The van der Waals surface area contributed by atoms with Crippen molar-refractivity contribution >= 4 is 61.5 Å². The molecule has 0 aliphatic carbocycles. The second-order valence-electron chi connectivity index (χ2n) is 8.36. The summed E-state index contributed by atoms with van der Waals surface area (Å²) >= 11 is 12.2. The van der Waals surface area contributed by atoms with Gasteiger partial charge in [0.05, 0.1) is 22.0 Å². The summed E-state index contributed by atoms with van der Waals surface area (Å²) in [6, 6.07) is 16.8. The molecule has 3 rings (SSSR count). The van der Waals surface area contributed by atoms with Crippen LogP contribution in [0.4, 0.5) is 5.69 Å². The first kappa shape index (κ1) is 27.8. The molecule has 3 aromatic carbocycles. The van der Waals surface area contributed by atoms with E-state index < -0.39 is 28.5 Å². The lowest BCUT2D eigenvalue weighted by molar-refractivity contribution is -0.140. The molecule has 2 amide bonds. The van der Waals surface area contributed by atoms with Gasteiger partial charge >= 0.3 is 0 Å². The van der Waals surface area contributed by atoms with Crippen LogP contribution in [-0.4, -0.2) is 50.5 Å². The van der Waals surface area contributed by atoms with Crippen LogP contribution >= 0.6 is 23.2 Å². The quantitative estimate of drug-likeness (QED) is 0.391. The lowest BCUT2D eigenvalue weighted by Crippen LogP contribution is -2.52. The van der Waals surface area contributed by atoms with E-state index in [0.29, 0.717) is 39.6 Å². The highest BCUT2D eigenvalue weighted by molar-refractivity contribution is 7.92. The third kappa shape index (κ3) is 6.49. The maximum atomic E-state index is 13.8. The van der Waals surface area contributed by atoms with Gasteiger partial charge in [-0.2, -0.15) is 0 Å². The third-order valence-corrected chi connectivity index (χ3v) is 7.65. The zero-order valence-corrected chi connectivity index (χ0v) is 22.7. The number of carbonyl (C=O) groups is 2. The summed E-state index contributed by atoms with van der Waals surface area (Å²) in [6.07, 6.45) is 1.40. The predicted octanol–water partition coefficient (Wildman–Crippen LogP) is 4.86. The first-order valence-corrected chi connectivity index (χ1v) is 14.1. The number of halogens is 2. The van der Waals surface area contributed by atoms with Crippen molar-refractivity contribution in [3.63, 3.8) is 0 Å². The first-order chi connectivity index (χ1) is 17.1. The van der Waals surface area contributed by atoms with Crippen molar-refractivity contribution in [2.45, 2.75) is 32.9 Å². The molecule has 7 nitrogen and oxygen atoms in total. The highest BCUT2D eigenvalue weighted by Gasteiger charge is 2.32. The van der Waals surface area contributed by atoms with Gasteiger partial charge in [-0.3, -0.25) is 13.9 Å². The number of fused-ring (bicyclic) bond motifs is 1. The van der Waals surface area contributed by atoms with Gasteiger partial charge in [0.15, 0.2) is 0 Å². The van der Waals surface area contributed by atoms with E-state index in [2.05, 4.69) is 5.32 Å². The van der Waals surface area contributed by atoms with E-state index in [1.807, 2.05) is 30.3 Å². The lowest BCUT2D eigenvalue weighted by atomic mass is 10.1. The maximum absolute atomic E-state index is 13.8. The number of anilines is 1. The number of nitrogens with one attached hydrogen (secondary N) is 1. The molecule has 10 heteroatoms. The van der Waals surface area contributed by atoms with Crippen molar-refractivity contribution in [3.8, 4) is 0 Å². The van der Waals surface area contributed by atoms with Crippen molar-refractivity contribution in [2.24, 2.45) is 0 Å². The molecule has 0 spiro atoms. The fourth-order valence-electron chi connectivity index (χ4n) is 4.07. The van der Waals surface area contributed by atoms with Gasteiger partial charge in [-0.25, -0.2) is 8.42 Å². The van der Waals surface area contributed by atoms with Crippen LogP contribution in [0.3, 0.4) is 0 Å². The van der Waals surface area contributed by atoms with Gasteiger partial charge in [-0.1, -0.05) is 72.6 Å². The Labute approximate surface area is 222 Å². The van der Waals surface area contributed by atoms with Crippen LogP contribution in [0.15, 0.2) is 60.7 Å². The Morgan fingerprint density at radius 2 is 1.67 bits per heavy atom. The number of rotatable bonds is 10. The van der Waals surface area contributed by atoms with Gasteiger partial charge < -0.3 is 10.2 Å². The number of hydrogen-bond donors (Lipinski definition) is 1. The molecule has 0 aliphatic heterocycles. The van der Waals surface area contributed by atoms with Crippen LogP contribution in [0, 0.1) is 0 Å². The van der Waals surface area contributed by atoms with Crippen molar-refractivity contribution in [1.82, 2.24) is 10.2 Å². The molecular formula is C26H29Cl2N3O4S. The molecule has 0 radical (unpaired) electrons. The first-order valence-electron chi connectivity index (χ1n) is 11.5. The Kier molecular flexibility index (Phi) is 9.22. The number of likely N-dealkylation sites (N-methyl/N-ethyl adjacent to an activating group) is 1. The summed E-state index contributed by atoms with van der Waals surface area (Å²) < 4.78 is 26.9.